The summed E-state index contributed by atoms with van der Waals surface area (Å²) in [4.78, 5) is 30.9. The van der Waals surface area contributed by atoms with E-state index in [0.29, 0.717) is 30.3 Å². The molecule has 1 aliphatic heterocycles. The number of hydrogen-bond donors (Lipinski definition) is 1. The lowest BCUT2D eigenvalue weighted by molar-refractivity contribution is 0.0510. The molecular formula is C20H26N2O4S. The summed E-state index contributed by atoms with van der Waals surface area (Å²) < 4.78 is 10.9. The molecule has 1 saturated heterocycles. The van der Waals surface area contributed by atoms with Gasteiger partial charge in [0.15, 0.2) is 0 Å². The molecule has 1 aliphatic rings. The van der Waals surface area contributed by atoms with Crippen molar-refractivity contribution in [2.45, 2.75) is 46.3 Å². The Kier molecular flexibility index (Phi) is 6.34. The number of aromatic amines is 1. The number of aryl methyl sites for hydroxylation is 1. The van der Waals surface area contributed by atoms with Crippen LogP contribution in [-0.4, -0.2) is 47.6 Å². The van der Waals surface area contributed by atoms with Gasteiger partial charge in [-0.25, -0.2) is 4.79 Å². The lowest BCUT2D eigenvalue weighted by Gasteiger charge is -2.25. The van der Waals surface area contributed by atoms with Crippen molar-refractivity contribution in [3.8, 4) is 0 Å². The van der Waals surface area contributed by atoms with Crippen LogP contribution in [0.1, 0.15) is 56.7 Å². The number of ether oxygens (including phenoxy) is 2. The topological polar surface area (TPSA) is 71.6 Å². The number of thiophene rings is 1. The van der Waals surface area contributed by atoms with E-state index in [2.05, 4.69) is 4.98 Å². The van der Waals surface area contributed by atoms with Crippen LogP contribution in [0.5, 0.6) is 0 Å². The largest absolute Gasteiger partial charge is 0.461 e. The van der Waals surface area contributed by atoms with E-state index in [0.717, 1.165) is 36.3 Å². The lowest BCUT2D eigenvalue weighted by Crippen LogP contribution is -2.36. The molecule has 3 heterocycles. The van der Waals surface area contributed by atoms with E-state index >= 15 is 0 Å². The molecule has 0 aliphatic carbocycles. The van der Waals surface area contributed by atoms with Crippen LogP contribution >= 0.6 is 11.3 Å². The highest BCUT2D eigenvalue weighted by molar-refractivity contribution is 7.12. The Balaban J connectivity index is 1.85. The van der Waals surface area contributed by atoms with Gasteiger partial charge < -0.3 is 19.4 Å². The molecule has 6 nitrogen and oxygen atoms in total. The van der Waals surface area contributed by atoms with E-state index in [4.69, 9.17) is 9.47 Å². The third-order valence-corrected chi connectivity index (χ3v) is 5.75. The molecule has 27 heavy (non-hydrogen) atoms. The lowest BCUT2D eigenvalue weighted by atomic mass is 10.1. The second-order valence-electron chi connectivity index (χ2n) is 6.75. The smallest absolute Gasteiger partial charge is 0.355 e. The van der Waals surface area contributed by atoms with E-state index in [1.54, 1.807) is 6.92 Å². The van der Waals surface area contributed by atoms with E-state index < -0.39 is 0 Å². The van der Waals surface area contributed by atoms with Crippen LogP contribution in [-0.2, 0) is 16.0 Å². The Hall–Kier alpha value is -2.12. The van der Waals surface area contributed by atoms with Crippen LogP contribution in [0.2, 0.25) is 0 Å². The van der Waals surface area contributed by atoms with E-state index in [9.17, 15) is 9.59 Å². The zero-order chi connectivity index (χ0) is 19.4. The molecular weight excluding hydrogens is 364 g/mol. The summed E-state index contributed by atoms with van der Waals surface area (Å²) in [5, 5.41) is 1.91. The van der Waals surface area contributed by atoms with Crippen LogP contribution in [0.4, 0.5) is 0 Å². The van der Waals surface area contributed by atoms with Crippen LogP contribution in [0.3, 0.4) is 0 Å². The molecule has 1 amide bonds. The summed E-state index contributed by atoms with van der Waals surface area (Å²) in [6.45, 7) is 7.66. The van der Waals surface area contributed by atoms with E-state index in [1.807, 2.05) is 36.3 Å². The first kappa shape index (κ1) is 19.6. The number of amides is 1. The third-order valence-electron chi connectivity index (χ3n) is 4.89. The normalized spacial score (nSPS) is 16.5. The first-order chi connectivity index (χ1) is 13.0. The number of nitrogens with zero attached hydrogens (tertiary/aromatic N) is 1. The number of carbonyl (C=O) groups is 2. The van der Waals surface area contributed by atoms with Crippen molar-refractivity contribution >= 4 is 23.2 Å². The average Bonchev–Trinajstić information content (AvgIpc) is 3.39. The molecule has 1 unspecified atom stereocenters. The molecule has 146 valence electrons. The molecule has 0 spiro atoms. The molecule has 3 rings (SSSR count). The molecule has 0 aromatic carbocycles. The fourth-order valence-electron chi connectivity index (χ4n) is 3.43. The zero-order valence-corrected chi connectivity index (χ0v) is 16.9. The van der Waals surface area contributed by atoms with Gasteiger partial charge in [0.05, 0.1) is 17.6 Å². The summed E-state index contributed by atoms with van der Waals surface area (Å²) in [7, 11) is 0. The molecule has 2 aromatic rings. The van der Waals surface area contributed by atoms with Gasteiger partial charge in [-0.2, -0.15) is 0 Å². The van der Waals surface area contributed by atoms with Crippen LogP contribution < -0.4 is 0 Å². The van der Waals surface area contributed by atoms with Crippen LogP contribution in [0.15, 0.2) is 17.5 Å². The Morgan fingerprint density at radius 1 is 1.41 bits per heavy atom. The Morgan fingerprint density at radius 2 is 2.22 bits per heavy atom. The quantitative estimate of drug-likeness (QED) is 0.732. The number of esters is 1. The average molecular weight is 391 g/mol. The maximum atomic E-state index is 13.0. The van der Waals surface area contributed by atoms with Crippen LogP contribution in [0, 0.1) is 13.8 Å². The summed E-state index contributed by atoms with van der Waals surface area (Å²) in [6, 6.07) is 3.73. The molecule has 0 radical (unpaired) electrons. The highest BCUT2D eigenvalue weighted by Gasteiger charge is 2.27. The van der Waals surface area contributed by atoms with Crippen molar-refractivity contribution in [3.05, 3.63) is 44.9 Å². The Morgan fingerprint density at radius 3 is 2.85 bits per heavy atom. The number of rotatable bonds is 7. The number of aromatic nitrogens is 1. The number of carbonyl (C=O) groups excluding carboxylic acids is 2. The number of hydrogen-bond acceptors (Lipinski definition) is 5. The molecule has 2 aromatic heterocycles. The fraction of sp³-hybridized carbons (Fsp3) is 0.500. The maximum absolute atomic E-state index is 13.0. The van der Waals surface area contributed by atoms with E-state index in [1.165, 1.54) is 11.3 Å². The van der Waals surface area contributed by atoms with Crippen molar-refractivity contribution in [1.82, 2.24) is 9.88 Å². The molecule has 1 fully saturated rings. The van der Waals surface area contributed by atoms with Crippen LogP contribution in [0.25, 0.3) is 0 Å². The highest BCUT2D eigenvalue weighted by atomic mass is 32.1. The minimum Gasteiger partial charge on any atom is -0.461 e. The van der Waals surface area contributed by atoms with Gasteiger partial charge in [0.2, 0.25) is 0 Å². The molecule has 0 bridgehead atoms. The standard InChI is InChI=1S/C20H26N2O4S/c1-4-25-20(24)18-13(2)16(14(3)21-18)12-22(11-15-7-5-9-26-15)19(23)17-8-6-10-27-17/h6,8,10,15,21H,4-5,7,9,11-12H2,1-3H3. The SMILES string of the molecule is CCOC(=O)c1[nH]c(C)c(CN(CC2CCCO2)C(=O)c2cccs2)c1C. The molecule has 0 saturated carbocycles. The van der Waals surface area contributed by atoms with Crippen molar-refractivity contribution in [3.63, 3.8) is 0 Å². The Labute approximate surface area is 163 Å². The monoisotopic (exact) mass is 390 g/mol. The van der Waals surface area contributed by atoms with Gasteiger partial charge in [-0.05, 0) is 56.2 Å². The maximum Gasteiger partial charge on any atom is 0.355 e. The number of nitrogens with one attached hydrogen (secondary N) is 1. The van der Waals surface area contributed by atoms with Gasteiger partial charge in [0.1, 0.15) is 5.69 Å². The zero-order valence-electron chi connectivity index (χ0n) is 16.0. The minimum atomic E-state index is -0.361. The first-order valence-electron chi connectivity index (χ1n) is 9.30. The molecule has 1 atom stereocenters. The second kappa shape index (κ2) is 8.71. The highest BCUT2D eigenvalue weighted by Crippen LogP contribution is 2.24. The van der Waals surface area contributed by atoms with Gasteiger partial charge in [0, 0.05) is 25.4 Å². The summed E-state index contributed by atoms with van der Waals surface area (Å²) >= 11 is 1.44. The Bertz CT molecular complexity index is 791. The van der Waals surface area contributed by atoms with Gasteiger partial charge in [-0.15, -0.1) is 11.3 Å². The summed E-state index contributed by atoms with van der Waals surface area (Å²) in [5.41, 5.74) is 3.14. The van der Waals surface area contributed by atoms with Crippen molar-refractivity contribution < 1.29 is 19.1 Å². The summed E-state index contributed by atoms with van der Waals surface area (Å²) in [5.74, 6) is -0.363. The van der Waals surface area contributed by atoms with Gasteiger partial charge in [-0.3, -0.25) is 4.79 Å². The predicted molar refractivity (Wildman–Crippen MR) is 104 cm³/mol. The van der Waals surface area contributed by atoms with Crippen molar-refractivity contribution in [2.75, 3.05) is 19.8 Å². The predicted octanol–water partition coefficient (Wildman–Crippen LogP) is 3.69. The van der Waals surface area contributed by atoms with Gasteiger partial charge in [0.25, 0.3) is 5.91 Å². The van der Waals surface area contributed by atoms with Gasteiger partial charge >= 0.3 is 5.97 Å². The fourth-order valence-corrected chi connectivity index (χ4v) is 4.12. The number of H-pyrrole nitrogens is 1. The molecule has 1 N–H and O–H groups in total. The summed E-state index contributed by atoms with van der Waals surface area (Å²) in [6.07, 6.45) is 2.06. The van der Waals surface area contributed by atoms with Gasteiger partial charge in [-0.1, -0.05) is 6.07 Å². The first-order valence-corrected chi connectivity index (χ1v) is 10.2. The molecule has 7 heteroatoms. The van der Waals surface area contributed by atoms with Crippen molar-refractivity contribution in [2.24, 2.45) is 0 Å². The minimum absolute atomic E-state index is 0.00168. The van der Waals surface area contributed by atoms with Crippen molar-refractivity contribution in [1.29, 1.82) is 0 Å². The second-order valence-corrected chi connectivity index (χ2v) is 7.69. The third kappa shape index (κ3) is 4.42. The van der Waals surface area contributed by atoms with E-state index in [-0.39, 0.29) is 18.0 Å².